The number of rotatable bonds is 12. The van der Waals surface area contributed by atoms with Crippen molar-refractivity contribution in [3.63, 3.8) is 0 Å². The molecule has 2 aromatic rings. The van der Waals surface area contributed by atoms with Gasteiger partial charge in [-0.1, -0.05) is 50.1 Å². The van der Waals surface area contributed by atoms with Crippen molar-refractivity contribution in [3.05, 3.63) is 66.0 Å². The van der Waals surface area contributed by atoms with Crippen LogP contribution in [0.1, 0.15) is 50.2 Å². The average molecular weight is 368 g/mol. The minimum Gasteiger partial charge on any atom is -0.338 e. The summed E-state index contributed by atoms with van der Waals surface area (Å²) in [5.74, 6) is 0. The number of urea groups is 1. The van der Waals surface area contributed by atoms with E-state index >= 15 is 0 Å². The summed E-state index contributed by atoms with van der Waals surface area (Å²) in [7, 11) is 0. The van der Waals surface area contributed by atoms with Crippen LogP contribution in [0.3, 0.4) is 0 Å². The minimum atomic E-state index is 0.0777. The first-order valence-electron chi connectivity index (χ1n) is 10.2. The van der Waals surface area contributed by atoms with E-state index < -0.39 is 0 Å². The van der Waals surface area contributed by atoms with Crippen LogP contribution in [0.4, 0.5) is 4.79 Å². The van der Waals surface area contributed by atoms with Gasteiger partial charge in [-0.15, -0.1) is 0 Å². The maximum atomic E-state index is 12.6. The first-order chi connectivity index (χ1) is 13.3. The highest BCUT2D eigenvalue weighted by Gasteiger charge is 2.12. The Morgan fingerprint density at radius 2 is 1.56 bits per heavy atom. The molecule has 27 heavy (non-hydrogen) atoms. The summed E-state index contributed by atoms with van der Waals surface area (Å²) < 4.78 is 0. The number of nitrogens with zero attached hydrogens (tertiary/aromatic N) is 2. The summed E-state index contributed by atoms with van der Waals surface area (Å²) >= 11 is 0. The highest BCUT2D eigenvalue weighted by molar-refractivity contribution is 5.74. The number of carbonyl (C=O) groups excluding carboxylic acids is 1. The summed E-state index contributed by atoms with van der Waals surface area (Å²) in [6.07, 6.45) is 11.0. The van der Waals surface area contributed by atoms with E-state index in [1.54, 1.807) is 0 Å². The van der Waals surface area contributed by atoms with Crippen molar-refractivity contribution in [3.8, 4) is 0 Å². The van der Waals surface area contributed by atoms with E-state index in [2.05, 4.69) is 41.5 Å². The first kappa shape index (κ1) is 20.9. The second-order valence-electron chi connectivity index (χ2n) is 6.97. The van der Waals surface area contributed by atoms with Crippen LogP contribution in [0.15, 0.2) is 54.9 Å². The molecular weight excluding hydrogens is 334 g/mol. The number of hydrogen-bond acceptors (Lipinski definition) is 2. The third kappa shape index (κ3) is 8.72. The first-order valence-corrected chi connectivity index (χ1v) is 10.2. The van der Waals surface area contributed by atoms with E-state index in [9.17, 15) is 4.79 Å². The second kappa shape index (κ2) is 12.9. The Hall–Kier alpha value is -2.36. The summed E-state index contributed by atoms with van der Waals surface area (Å²) in [5.41, 5.74) is 2.60. The molecular formula is C23H33N3O. The van der Waals surface area contributed by atoms with Crippen molar-refractivity contribution < 1.29 is 4.79 Å². The molecule has 1 aromatic carbocycles. The molecule has 1 heterocycles. The zero-order chi connectivity index (χ0) is 19.2. The molecule has 0 unspecified atom stereocenters. The van der Waals surface area contributed by atoms with Crippen LogP contribution in [0.5, 0.6) is 0 Å². The fourth-order valence-corrected chi connectivity index (χ4v) is 3.14. The molecule has 0 aliphatic rings. The predicted octanol–water partition coefficient (Wildman–Crippen LogP) is 4.85. The van der Waals surface area contributed by atoms with Crippen molar-refractivity contribution in [1.29, 1.82) is 0 Å². The molecule has 1 N–H and O–H groups in total. The van der Waals surface area contributed by atoms with E-state index in [0.29, 0.717) is 6.54 Å². The van der Waals surface area contributed by atoms with Crippen LogP contribution in [-0.2, 0) is 12.8 Å². The molecule has 0 aliphatic carbocycles. The van der Waals surface area contributed by atoms with Gasteiger partial charge in [0.25, 0.3) is 0 Å². The summed E-state index contributed by atoms with van der Waals surface area (Å²) in [6.45, 7) is 4.57. The predicted molar refractivity (Wildman–Crippen MR) is 112 cm³/mol. The lowest BCUT2D eigenvalue weighted by Gasteiger charge is -2.23. The van der Waals surface area contributed by atoms with Crippen molar-refractivity contribution >= 4 is 6.03 Å². The van der Waals surface area contributed by atoms with Gasteiger partial charge < -0.3 is 10.2 Å². The fraction of sp³-hybridized carbons (Fsp3) is 0.478. The van der Waals surface area contributed by atoms with Gasteiger partial charge in [0.1, 0.15) is 0 Å². The zero-order valence-electron chi connectivity index (χ0n) is 16.6. The molecule has 146 valence electrons. The van der Waals surface area contributed by atoms with Crippen LogP contribution in [0, 0.1) is 0 Å². The molecule has 4 nitrogen and oxygen atoms in total. The van der Waals surface area contributed by atoms with E-state index in [0.717, 1.165) is 45.2 Å². The van der Waals surface area contributed by atoms with Crippen LogP contribution >= 0.6 is 0 Å². The van der Waals surface area contributed by atoms with Crippen LogP contribution < -0.4 is 5.32 Å². The number of amides is 2. The van der Waals surface area contributed by atoms with E-state index in [-0.39, 0.29) is 6.03 Å². The normalized spacial score (nSPS) is 10.6. The number of unbranched alkanes of at least 4 members (excludes halogenated alkanes) is 2. The standard InChI is InChI=1S/C23H33N3O/c1-2-3-7-19-26(20-9-13-21-10-5-4-6-11-21)23(27)25-16-8-12-22-14-17-24-18-15-22/h4-6,10-11,14-15,17-18H,2-3,7-9,12-13,16,19-20H2,1H3,(H,25,27). The van der Waals surface area contributed by atoms with E-state index in [1.807, 2.05) is 35.5 Å². The molecule has 0 atom stereocenters. The number of nitrogens with one attached hydrogen (secondary N) is 1. The van der Waals surface area contributed by atoms with Gasteiger partial charge in [0.2, 0.25) is 0 Å². The molecule has 0 aliphatic heterocycles. The lowest BCUT2D eigenvalue weighted by Crippen LogP contribution is -2.41. The van der Waals surface area contributed by atoms with Gasteiger partial charge in [0.15, 0.2) is 0 Å². The number of benzene rings is 1. The number of hydrogen-bond donors (Lipinski definition) is 1. The summed E-state index contributed by atoms with van der Waals surface area (Å²) in [6, 6.07) is 14.6. The summed E-state index contributed by atoms with van der Waals surface area (Å²) in [4.78, 5) is 18.6. The van der Waals surface area contributed by atoms with Gasteiger partial charge in [-0.2, -0.15) is 0 Å². The minimum absolute atomic E-state index is 0.0777. The Bertz CT molecular complexity index is 631. The molecule has 2 amide bonds. The Kier molecular flexibility index (Phi) is 10.0. The van der Waals surface area contributed by atoms with Gasteiger partial charge in [-0.05, 0) is 55.4 Å². The van der Waals surface area contributed by atoms with Crippen molar-refractivity contribution in [2.75, 3.05) is 19.6 Å². The number of aromatic nitrogens is 1. The van der Waals surface area contributed by atoms with Gasteiger partial charge in [-0.3, -0.25) is 4.98 Å². The zero-order valence-corrected chi connectivity index (χ0v) is 16.6. The molecule has 2 rings (SSSR count). The average Bonchev–Trinajstić information content (AvgIpc) is 2.71. The maximum Gasteiger partial charge on any atom is 0.317 e. The lowest BCUT2D eigenvalue weighted by molar-refractivity contribution is 0.195. The topological polar surface area (TPSA) is 45.2 Å². The highest BCUT2D eigenvalue weighted by atomic mass is 16.2. The van der Waals surface area contributed by atoms with Crippen molar-refractivity contribution in [2.24, 2.45) is 0 Å². The number of carbonyl (C=O) groups is 1. The Morgan fingerprint density at radius 3 is 2.30 bits per heavy atom. The SMILES string of the molecule is CCCCCN(CCCc1ccccc1)C(=O)NCCCc1ccncc1. The third-order valence-corrected chi connectivity index (χ3v) is 4.72. The molecule has 0 saturated heterocycles. The van der Waals surface area contributed by atoms with Gasteiger partial charge in [0, 0.05) is 32.0 Å². The van der Waals surface area contributed by atoms with E-state index in [4.69, 9.17) is 0 Å². The number of aryl methyl sites for hydroxylation is 2. The van der Waals surface area contributed by atoms with Crippen molar-refractivity contribution in [1.82, 2.24) is 15.2 Å². The Morgan fingerprint density at radius 1 is 0.889 bits per heavy atom. The smallest absolute Gasteiger partial charge is 0.317 e. The third-order valence-electron chi connectivity index (χ3n) is 4.72. The molecule has 0 bridgehead atoms. The fourth-order valence-electron chi connectivity index (χ4n) is 3.14. The highest BCUT2D eigenvalue weighted by Crippen LogP contribution is 2.06. The van der Waals surface area contributed by atoms with E-state index in [1.165, 1.54) is 24.0 Å². The Balaban J connectivity index is 1.72. The van der Waals surface area contributed by atoms with Crippen molar-refractivity contribution in [2.45, 2.75) is 51.9 Å². The van der Waals surface area contributed by atoms with Crippen LogP contribution in [0.25, 0.3) is 0 Å². The quantitative estimate of drug-likeness (QED) is 0.545. The molecule has 0 saturated carbocycles. The second-order valence-corrected chi connectivity index (χ2v) is 6.97. The summed E-state index contributed by atoms with van der Waals surface area (Å²) in [5, 5.41) is 3.10. The number of pyridine rings is 1. The molecule has 0 spiro atoms. The maximum absolute atomic E-state index is 12.6. The molecule has 4 heteroatoms. The van der Waals surface area contributed by atoms with Gasteiger partial charge in [-0.25, -0.2) is 4.79 Å². The largest absolute Gasteiger partial charge is 0.338 e. The monoisotopic (exact) mass is 367 g/mol. The van der Waals surface area contributed by atoms with Gasteiger partial charge >= 0.3 is 6.03 Å². The molecule has 1 aromatic heterocycles. The molecule has 0 radical (unpaired) electrons. The van der Waals surface area contributed by atoms with Crippen LogP contribution in [-0.4, -0.2) is 35.5 Å². The Labute approximate surface area is 164 Å². The molecule has 0 fully saturated rings. The van der Waals surface area contributed by atoms with Gasteiger partial charge in [0.05, 0.1) is 0 Å². The van der Waals surface area contributed by atoms with Crippen LogP contribution in [0.2, 0.25) is 0 Å². The lowest BCUT2D eigenvalue weighted by atomic mass is 10.1.